The van der Waals surface area contributed by atoms with Crippen molar-refractivity contribution in [1.82, 2.24) is 25.4 Å². The molecule has 0 atom stereocenters. The summed E-state index contributed by atoms with van der Waals surface area (Å²) in [6.45, 7) is 13.4. The number of nitrogens with zero attached hydrogens (tertiary/aromatic N) is 4. The predicted octanol–water partition coefficient (Wildman–Crippen LogP) is 1.58. The van der Waals surface area contributed by atoms with E-state index in [4.69, 9.17) is 0 Å². The first kappa shape index (κ1) is 20.1. The average Bonchev–Trinajstić information content (AvgIpc) is 3.05. The largest absolute Gasteiger partial charge is 0.356 e. The topological polar surface area (TPSA) is 55.8 Å². The van der Waals surface area contributed by atoms with Crippen LogP contribution in [0.1, 0.15) is 30.5 Å². The van der Waals surface area contributed by atoms with Crippen LogP contribution in [0.3, 0.4) is 0 Å². The van der Waals surface area contributed by atoms with Crippen LogP contribution in [0.25, 0.3) is 0 Å². The maximum absolute atomic E-state index is 4.48. The van der Waals surface area contributed by atoms with E-state index in [0.717, 1.165) is 36.2 Å². The molecular formula is C18H34N6S. The molecule has 2 heterocycles. The second-order valence-electron chi connectivity index (χ2n) is 6.52. The number of hydrogen-bond acceptors (Lipinski definition) is 5. The zero-order valence-corrected chi connectivity index (χ0v) is 16.9. The Morgan fingerprint density at radius 1 is 1.16 bits per heavy atom. The molecule has 0 aromatic carbocycles. The molecule has 2 rings (SSSR count). The van der Waals surface area contributed by atoms with Gasteiger partial charge in [-0.2, -0.15) is 0 Å². The van der Waals surface area contributed by atoms with Crippen LogP contribution in [0.15, 0.2) is 10.4 Å². The molecule has 1 fully saturated rings. The van der Waals surface area contributed by atoms with Gasteiger partial charge in [0.15, 0.2) is 5.96 Å². The summed E-state index contributed by atoms with van der Waals surface area (Å²) in [5, 5.41) is 10.0. The fourth-order valence-corrected chi connectivity index (χ4v) is 3.70. The van der Waals surface area contributed by atoms with Crippen molar-refractivity contribution in [3.8, 4) is 0 Å². The van der Waals surface area contributed by atoms with Gasteiger partial charge in [0.25, 0.3) is 0 Å². The van der Waals surface area contributed by atoms with E-state index in [1.54, 1.807) is 11.3 Å². The first-order chi connectivity index (χ1) is 12.2. The Kier molecular flexibility index (Phi) is 9.21. The Labute approximate surface area is 156 Å². The lowest BCUT2D eigenvalue weighted by atomic mass is 10.2. The summed E-state index contributed by atoms with van der Waals surface area (Å²) in [4.78, 5) is 13.9. The number of piperazine rings is 1. The van der Waals surface area contributed by atoms with Crippen molar-refractivity contribution in [3.63, 3.8) is 0 Å². The molecule has 0 aliphatic carbocycles. The minimum absolute atomic E-state index is 0.866. The standard InChI is InChI=1S/C18H34N6S/c1-4-23-11-13-24(14-12-23)10-6-5-8-20-18(19-3)21-9-7-17-15-25-16(2)22-17/h15H,4-14H2,1-3H3,(H2,19,20,21). The van der Waals surface area contributed by atoms with Crippen molar-refractivity contribution >= 4 is 17.3 Å². The van der Waals surface area contributed by atoms with Crippen molar-refractivity contribution in [2.24, 2.45) is 4.99 Å². The number of thiazole rings is 1. The normalized spacial score (nSPS) is 17.0. The van der Waals surface area contributed by atoms with Crippen molar-refractivity contribution in [2.75, 3.05) is 59.4 Å². The van der Waals surface area contributed by atoms with Gasteiger partial charge >= 0.3 is 0 Å². The third kappa shape index (κ3) is 7.71. The van der Waals surface area contributed by atoms with Gasteiger partial charge in [0.1, 0.15) is 0 Å². The summed E-state index contributed by atoms with van der Waals surface area (Å²) in [6, 6.07) is 0. The van der Waals surface area contributed by atoms with Crippen LogP contribution in [-0.2, 0) is 6.42 Å². The first-order valence-electron chi connectivity index (χ1n) is 9.51. The molecule has 0 spiro atoms. The van der Waals surface area contributed by atoms with Gasteiger partial charge in [-0.25, -0.2) is 4.98 Å². The van der Waals surface area contributed by atoms with E-state index >= 15 is 0 Å². The number of unbranched alkanes of at least 4 members (excludes halogenated alkanes) is 1. The van der Waals surface area contributed by atoms with E-state index < -0.39 is 0 Å². The van der Waals surface area contributed by atoms with Gasteiger partial charge in [-0.05, 0) is 32.9 Å². The summed E-state index contributed by atoms with van der Waals surface area (Å²) >= 11 is 1.71. The Morgan fingerprint density at radius 2 is 1.88 bits per heavy atom. The minimum atomic E-state index is 0.866. The fraction of sp³-hybridized carbons (Fsp3) is 0.778. The molecule has 2 N–H and O–H groups in total. The molecule has 1 aliphatic heterocycles. The van der Waals surface area contributed by atoms with E-state index in [1.807, 2.05) is 14.0 Å². The van der Waals surface area contributed by atoms with Gasteiger partial charge in [-0.1, -0.05) is 6.92 Å². The number of aliphatic imine (C=N–C) groups is 1. The van der Waals surface area contributed by atoms with Gasteiger partial charge < -0.3 is 20.4 Å². The highest BCUT2D eigenvalue weighted by Gasteiger charge is 2.14. The Morgan fingerprint density at radius 3 is 2.52 bits per heavy atom. The van der Waals surface area contributed by atoms with Gasteiger partial charge in [0.05, 0.1) is 10.7 Å². The van der Waals surface area contributed by atoms with E-state index in [0.29, 0.717) is 0 Å². The average molecular weight is 367 g/mol. The summed E-state index contributed by atoms with van der Waals surface area (Å²) < 4.78 is 0. The summed E-state index contributed by atoms with van der Waals surface area (Å²) in [6.07, 6.45) is 3.36. The van der Waals surface area contributed by atoms with Gasteiger partial charge in [0, 0.05) is 58.1 Å². The van der Waals surface area contributed by atoms with Crippen molar-refractivity contribution in [3.05, 3.63) is 16.1 Å². The highest BCUT2D eigenvalue weighted by Crippen LogP contribution is 2.07. The van der Waals surface area contributed by atoms with Crippen molar-refractivity contribution in [1.29, 1.82) is 0 Å². The number of rotatable bonds is 9. The molecule has 6 nitrogen and oxygen atoms in total. The lowest BCUT2D eigenvalue weighted by molar-refractivity contribution is 0.136. The molecule has 0 saturated carbocycles. The lowest BCUT2D eigenvalue weighted by Gasteiger charge is -2.34. The van der Waals surface area contributed by atoms with Gasteiger partial charge in [0.2, 0.25) is 0 Å². The predicted molar refractivity (Wildman–Crippen MR) is 108 cm³/mol. The number of aromatic nitrogens is 1. The maximum Gasteiger partial charge on any atom is 0.190 e. The lowest BCUT2D eigenvalue weighted by Crippen LogP contribution is -2.46. The number of hydrogen-bond donors (Lipinski definition) is 2. The van der Waals surface area contributed by atoms with Gasteiger partial charge in [-0.15, -0.1) is 11.3 Å². The Balaban J connectivity index is 1.49. The zero-order chi connectivity index (χ0) is 17.9. The van der Waals surface area contributed by atoms with Crippen LogP contribution in [0.2, 0.25) is 0 Å². The third-order valence-corrected chi connectivity index (χ3v) is 5.49. The van der Waals surface area contributed by atoms with E-state index in [1.165, 1.54) is 52.1 Å². The molecule has 1 aromatic heterocycles. The van der Waals surface area contributed by atoms with Crippen LogP contribution in [0, 0.1) is 6.92 Å². The molecule has 1 saturated heterocycles. The van der Waals surface area contributed by atoms with Crippen LogP contribution >= 0.6 is 11.3 Å². The van der Waals surface area contributed by atoms with E-state index in [9.17, 15) is 0 Å². The zero-order valence-electron chi connectivity index (χ0n) is 16.1. The van der Waals surface area contributed by atoms with Crippen LogP contribution in [0.4, 0.5) is 0 Å². The van der Waals surface area contributed by atoms with Crippen molar-refractivity contribution < 1.29 is 0 Å². The fourth-order valence-electron chi connectivity index (χ4n) is 3.05. The molecule has 0 amide bonds. The second kappa shape index (κ2) is 11.4. The third-order valence-electron chi connectivity index (χ3n) is 4.67. The molecule has 25 heavy (non-hydrogen) atoms. The molecule has 0 unspecified atom stereocenters. The summed E-state index contributed by atoms with van der Waals surface area (Å²) in [5.74, 6) is 0.892. The van der Waals surface area contributed by atoms with Crippen molar-refractivity contribution in [2.45, 2.75) is 33.1 Å². The first-order valence-corrected chi connectivity index (χ1v) is 10.4. The Bertz CT molecular complexity index is 507. The monoisotopic (exact) mass is 366 g/mol. The molecular weight excluding hydrogens is 332 g/mol. The van der Waals surface area contributed by atoms with Gasteiger partial charge in [-0.3, -0.25) is 4.99 Å². The quantitative estimate of drug-likeness (QED) is 0.395. The second-order valence-corrected chi connectivity index (χ2v) is 7.58. The molecule has 0 bridgehead atoms. The SMILES string of the molecule is CCN1CCN(CCCCNC(=NC)NCCc2csc(C)n2)CC1. The molecule has 142 valence electrons. The maximum atomic E-state index is 4.48. The molecule has 0 radical (unpaired) electrons. The summed E-state index contributed by atoms with van der Waals surface area (Å²) in [7, 11) is 1.83. The Hall–Kier alpha value is -1.18. The number of likely N-dealkylation sites (N-methyl/N-ethyl adjacent to an activating group) is 1. The smallest absolute Gasteiger partial charge is 0.190 e. The number of aryl methyl sites for hydroxylation is 1. The highest BCUT2D eigenvalue weighted by atomic mass is 32.1. The molecule has 7 heteroatoms. The molecule has 1 aliphatic rings. The van der Waals surface area contributed by atoms with Crippen LogP contribution in [0.5, 0.6) is 0 Å². The van der Waals surface area contributed by atoms with E-state index in [2.05, 4.69) is 42.7 Å². The summed E-state index contributed by atoms with van der Waals surface area (Å²) in [5.41, 5.74) is 1.16. The number of nitrogens with one attached hydrogen (secondary N) is 2. The van der Waals surface area contributed by atoms with Crippen LogP contribution < -0.4 is 10.6 Å². The number of guanidine groups is 1. The van der Waals surface area contributed by atoms with E-state index in [-0.39, 0.29) is 0 Å². The minimum Gasteiger partial charge on any atom is -0.356 e. The highest BCUT2D eigenvalue weighted by molar-refractivity contribution is 7.09. The van der Waals surface area contributed by atoms with Crippen LogP contribution in [-0.4, -0.2) is 80.1 Å². The molecule has 1 aromatic rings.